The average molecular weight is 243 g/mol. The van der Waals surface area contributed by atoms with Gasteiger partial charge in [0.15, 0.2) is 0 Å². The fraction of sp³-hybridized carbons (Fsp3) is 0.818. The largest absolute Gasteiger partial charge is 0.369 e. The topological polar surface area (TPSA) is 84.7 Å². The van der Waals surface area contributed by atoms with Crippen molar-refractivity contribution in [3.63, 3.8) is 0 Å². The van der Waals surface area contributed by atoms with E-state index in [1.807, 2.05) is 6.92 Å². The van der Waals surface area contributed by atoms with E-state index < -0.39 is 17.6 Å². The van der Waals surface area contributed by atoms with Gasteiger partial charge in [-0.25, -0.2) is 0 Å². The van der Waals surface area contributed by atoms with E-state index >= 15 is 0 Å². The number of nitrogens with zero attached hydrogens (tertiary/aromatic N) is 1. The van der Waals surface area contributed by atoms with Crippen LogP contribution in [0.2, 0.25) is 0 Å². The van der Waals surface area contributed by atoms with Crippen LogP contribution in [0, 0.1) is 0 Å². The van der Waals surface area contributed by atoms with Crippen LogP contribution in [0.3, 0.4) is 0 Å². The summed E-state index contributed by atoms with van der Waals surface area (Å²) in [6.45, 7) is 5.16. The van der Waals surface area contributed by atoms with E-state index in [0.29, 0.717) is 26.1 Å². The Bertz CT molecular complexity index is 302. The summed E-state index contributed by atoms with van der Waals surface area (Å²) in [7, 11) is 1.50. The maximum Gasteiger partial charge on any atom is 0.255 e. The molecule has 0 radical (unpaired) electrons. The van der Waals surface area contributed by atoms with Gasteiger partial charge in [-0.15, -0.1) is 0 Å². The number of amides is 2. The lowest BCUT2D eigenvalue weighted by atomic mass is 9.99. The number of carbonyl (C=O) groups is 2. The summed E-state index contributed by atoms with van der Waals surface area (Å²) in [5, 5.41) is 3.05. The molecular formula is C11H21N3O3. The van der Waals surface area contributed by atoms with Gasteiger partial charge in [-0.05, 0) is 13.3 Å². The number of primary amides is 1. The number of nitrogens with one attached hydrogen (secondary N) is 1. The molecule has 1 heterocycles. The van der Waals surface area contributed by atoms with Gasteiger partial charge in [0.25, 0.3) is 5.91 Å². The Labute approximate surface area is 101 Å². The third-order valence-electron chi connectivity index (χ3n) is 3.41. The highest BCUT2D eigenvalue weighted by Crippen LogP contribution is 2.20. The summed E-state index contributed by atoms with van der Waals surface area (Å²) in [5.41, 5.74) is 4.42. The van der Waals surface area contributed by atoms with Crippen LogP contribution in [-0.2, 0) is 14.3 Å². The first-order valence-electron chi connectivity index (χ1n) is 5.82. The third-order valence-corrected chi connectivity index (χ3v) is 3.41. The van der Waals surface area contributed by atoms with Gasteiger partial charge < -0.3 is 20.7 Å². The number of nitrogens with two attached hydrogens (primary N) is 1. The number of carbonyl (C=O) groups excluding carboxylic acids is 2. The number of rotatable bonds is 4. The number of methoxy groups -OCH3 is 1. The molecular weight excluding hydrogens is 222 g/mol. The second-order valence-corrected chi connectivity index (χ2v) is 4.41. The smallest absolute Gasteiger partial charge is 0.255 e. The van der Waals surface area contributed by atoms with Gasteiger partial charge >= 0.3 is 0 Å². The summed E-state index contributed by atoms with van der Waals surface area (Å²) in [6.07, 6.45) is 0.553. The van der Waals surface area contributed by atoms with Crippen LogP contribution in [0.15, 0.2) is 0 Å². The molecule has 0 aromatic carbocycles. The van der Waals surface area contributed by atoms with E-state index in [2.05, 4.69) is 5.32 Å². The number of piperazine rings is 1. The fourth-order valence-electron chi connectivity index (χ4n) is 1.89. The highest BCUT2D eigenvalue weighted by atomic mass is 16.5. The van der Waals surface area contributed by atoms with E-state index in [1.165, 1.54) is 12.0 Å². The minimum absolute atomic E-state index is 0.173. The van der Waals surface area contributed by atoms with Crippen LogP contribution in [0.25, 0.3) is 0 Å². The normalized spacial score (nSPS) is 24.2. The minimum atomic E-state index is -0.884. The van der Waals surface area contributed by atoms with Crippen molar-refractivity contribution in [2.45, 2.75) is 31.9 Å². The quantitative estimate of drug-likeness (QED) is 0.669. The van der Waals surface area contributed by atoms with Crippen molar-refractivity contribution in [3.8, 4) is 0 Å². The summed E-state index contributed by atoms with van der Waals surface area (Å²) in [5.74, 6) is -0.659. The Hall–Kier alpha value is -1.14. The zero-order valence-electron chi connectivity index (χ0n) is 10.7. The third kappa shape index (κ3) is 2.76. The molecule has 0 bridgehead atoms. The molecule has 17 heavy (non-hydrogen) atoms. The van der Waals surface area contributed by atoms with Crippen molar-refractivity contribution in [1.29, 1.82) is 0 Å². The first-order chi connectivity index (χ1) is 7.96. The maximum atomic E-state index is 12.4. The van der Waals surface area contributed by atoms with Crippen molar-refractivity contribution < 1.29 is 14.3 Å². The van der Waals surface area contributed by atoms with Crippen LogP contribution >= 0.6 is 0 Å². The molecule has 1 aliphatic heterocycles. The standard InChI is InChI=1S/C11H21N3O3/c1-4-11(2,17-3)10(16)14-6-5-13-7-8(14)9(12)15/h8,13H,4-7H2,1-3H3,(H2,12,15). The number of hydrogen-bond acceptors (Lipinski definition) is 4. The Morgan fingerprint density at radius 3 is 2.71 bits per heavy atom. The van der Waals surface area contributed by atoms with Gasteiger partial charge in [0.1, 0.15) is 11.6 Å². The Balaban J connectivity index is 2.88. The zero-order chi connectivity index (χ0) is 13.1. The molecule has 1 aliphatic rings. The summed E-state index contributed by atoms with van der Waals surface area (Å²) < 4.78 is 5.27. The molecule has 0 saturated carbocycles. The van der Waals surface area contributed by atoms with E-state index in [-0.39, 0.29) is 5.91 Å². The van der Waals surface area contributed by atoms with Gasteiger partial charge in [0.2, 0.25) is 5.91 Å². The van der Waals surface area contributed by atoms with Gasteiger partial charge in [-0.1, -0.05) is 6.92 Å². The first kappa shape index (κ1) is 13.9. The Morgan fingerprint density at radius 1 is 1.59 bits per heavy atom. The van der Waals surface area contributed by atoms with Gasteiger partial charge in [0, 0.05) is 26.7 Å². The zero-order valence-corrected chi connectivity index (χ0v) is 10.7. The van der Waals surface area contributed by atoms with Crippen molar-refractivity contribution in [1.82, 2.24) is 10.2 Å². The maximum absolute atomic E-state index is 12.4. The molecule has 2 unspecified atom stereocenters. The average Bonchev–Trinajstić information content (AvgIpc) is 2.36. The molecule has 0 aromatic rings. The molecule has 0 aliphatic carbocycles. The molecule has 2 amide bonds. The van der Waals surface area contributed by atoms with Gasteiger partial charge in [0.05, 0.1) is 0 Å². The number of ether oxygens (including phenoxy) is 1. The van der Waals surface area contributed by atoms with Gasteiger partial charge in [-0.3, -0.25) is 9.59 Å². The lowest BCUT2D eigenvalue weighted by Crippen LogP contribution is -2.62. The van der Waals surface area contributed by atoms with Crippen molar-refractivity contribution >= 4 is 11.8 Å². The molecule has 1 rings (SSSR count). The van der Waals surface area contributed by atoms with Crippen LogP contribution in [0.4, 0.5) is 0 Å². The molecule has 98 valence electrons. The van der Waals surface area contributed by atoms with E-state index in [1.54, 1.807) is 6.92 Å². The Kier molecular flexibility index (Phi) is 4.47. The lowest BCUT2D eigenvalue weighted by molar-refractivity contribution is -0.159. The van der Waals surface area contributed by atoms with Crippen LogP contribution in [-0.4, -0.2) is 55.1 Å². The van der Waals surface area contributed by atoms with Crippen molar-refractivity contribution in [2.75, 3.05) is 26.7 Å². The second-order valence-electron chi connectivity index (χ2n) is 4.41. The van der Waals surface area contributed by atoms with Crippen LogP contribution in [0.1, 0.15) is 20.3 Å². The van der Waals surface area contributed by atoms with Crippen LogP contribution < -0.4 is 11.1 Å². The minimum Gasteiger partial charge on any atom is -0.369 e. The summed E-state index contributed by atoms with van der Waals surface area (Å²) in [4.78, 5) is 25.2. The SMILES string of the molecule is CCC(C)(OC)C(=O)N1CCNCC1C(N)=O. The molecule has 6 heteroatoms. The molecule has 1 fully saturated rings. The first-order valence-corrected chi connectivity index (χ1v) is 5.82. The molecule has 1 saturated heterocycles. The molecule has 0 spiro atoms. The summed E-state index contributed by atoms with van der Waals surface area (Å²) >= 11 is 0. The van der Waals surface area contributed by atoms with E-state index in [0.717, 1.165) is 0 Å². The number of hydrogen-bond donors (Lipinski definition) is 2. The monoisotopic (exact) mass is 243 g/mol. The highest BCUT2D eigenvalue weighted by molar-refractivity contribution is 5.91. The molecule has 3 N–H and O–H groups in total. The molecule has 0 aromatic heterocycles. The van der Waals surface area contributed by atoms with E-state index in [4.69, 9.17) is 10.5 Å². The fourth-order valence-corrected chi connectivity index (χ4v) is 1.89. The summed E-state index contributed by atoms with van der Waals surface area (Å²) in [6, 6.07) is -0.586. The predicted octanol–water partition coefficient (Wildman–Crippen LogP) is -0.913. The molecule has 6 nitrogen and oxygen atoms in total. The van der Waals surface area contributed by atoms with E-state index in [9.17, 15) is 9.59 Å². The van der Waals surface area contributed by atoms with Crippen molar-refractivity contribution in [2.24, 2.45) is 5.73 Å². The lowest BCUT2D eigenvalue weighted by Gasteiger charge is -2.39. The predicted molar refractivity (Wildman–Crippen MR) is 63.3 cm³/mol. The van der Waals surface area contributed by atoms with Gasteiger partial charge in [-0.2, -0.15) is 0 Å². The van der Waals surface area contributed by atoms with Crippen molar-refractivity contribution in [3.05, 3.63) is 0 Å². The molecule has 2 atom stereocenters. The Morgan fingerprint density at radius 2 is 2.24 bits per heavy atom. The second kappa shape index (κ2) is 5.46. The highest BCUT2D eigenvalue weighted by Gasteiger charge is 2.40. The van der Waals surface area contributed by atoms with Crippen LogP contribution in [0.5, 0.6) is 0 Å².